The second kappa shape index (κ2) is 4.14. The second-order valence-corrected chi connectivity index (χ2v) is 4.81. The highest BCUT2D eigenvalue weighted by Crippen LogP contribution is 2.46. The molecule has 5 heteroatoms. The summed E-state index contributed by atoms with van der Waals surface area (Å²) >= 11 is 0. The quantitative estimate of drug-likeness (QED) is 0.646. The molecular formula is C11H17NO4. The second-order valence-electron chi connectivity index (χ2n) is 4.81. The number of hydrogen-bond donors (Lipinski definition) is 2. The van der Waals surface area contributed by atoms with Crippen molar-refractivity contribution in [1.82, 2.24) is 4.90 Å². The van der Waals surface area contributed by atoms with E-state index < -0.39 is 18.1 Å². The summed E-state index contributed by atoms with van der Waals surface area (Å²) in [7, 11) is 0. The van der Waals surface area contributed by atoms with Gasteiger partial charge in [-0.25, -0.2) is 0 Å². The molecule has 1 unspecified atom stereocenters. The number of carbonyl (C=O) groups excluding carboxylic acids is 2. The third kappa shape index (κ3) is 1.74. The molecule has 1 aliphatic heterocycles. The lowest BCUT2D eigenvalue weighted by Gasteiger charge is -2.22. The Bertz CT molecular complexity index is 309. The van der Waals surface area contributed by atoms with Crippen molar-refractivity contribution in [3.63, 3.8) is 0 Å². The summed E-state index contributed by atoms with van der Waals surface area (Å²) in [6.45, 7) is -0.500. The normalized spacial score (nSPS) is 25.8. The number of imide groups is 1. The van der Waals surface area contributed by atoms with Crippen molar-refractivity contribution in [3.8, 4) is 0 Å². The number of rotatable bonds is 3. The zero-order valence-electron chi connectivity index (χ0n) is 9.19. The topological polar surface area (TPSA) is 77.8 Å². The molecule has 2 N–H and O–H groups in total. The lowest BCUT2D eigenvalue weighted by Crippen LogP contribution is -2.40. The fraction of sp³-hybridized carbons (Fsp3) is 0.818. The van der Waals surface area contributed by atoms with Crippen LogP contribution in [0.25, 0.3) is 0 Å². The number of aliphatic hydroxyl groups excluding tert-OH is 2. The van der Waals surface area contributed by atoms with E-state index in [0.717, 1.165) is 30.6 Å². The molecule has 0 radical (unpaired) electrons. The molecule has 1 atom stereocenters. The van der Waals surface area contributed by atoms with Gasteiger partial charge in [0.15, 0.2) is 0 Å². The van der Waals surface area contributed by atoms with Crippen molar-refractivity contribution in [3.05, 3.63) is 0 Å². The lowest BCUT2D eigenvalue weighted by molar-refractivity contribution is -0.143. The maximum absolute atomic E-state index is 12.1. The van der Waals surface area contributed by atoms with E-state index in [1.807, 2.05) is 0 Å². The van der Waals surface area contributed by atoms with Crippen LogP contribution >= 0.6 is 0 Å². The highest BCUT2D eigenvalue weighted by Gasteiger charge is 2.52. The van der Waals surface area contributed by atoms with E-state index in [1.54, 1.807) is 0 Å². The van der Waals surface area contributed by atoms with Crippen molar-refractivity contribution in [2.45, 2.75) is 38.2 Å². The van der Waals surface area contributed by atoms with E-state index >= 15 is 0 Å². The van der Waals surface area contributed by atoms with Crippen LogP contribution in [-0.2, 0) is 9.59 Å². The Hall–Kier alpha value is -0.940. The molecule has 1 spiro atoms. The molecule has 90 valence electrons. The summed E-state index contributed by atoms with van der Waals surface area (Å²) in [5.74, 6) is -0.359. The number of amides is 2. The molecule has 0 aromatic carbocycles. The van der Waals surface area contributed by atoms with Crippen molar-refractivity contribution < 1.29 is 19.8 Å². The molecule has 2 rings (SSSR count). The largest absolute Gasteiger partial charge is 0.394 e. The van der Waals surface area contributed by atoms with Crippen LogP contribution in [0.1, 0.15) is 32.1 Å². The van der Waals surface area contributed by atoms with Gasteiger partial charge in [-0.05, 0) is 12.8 Å². The van der Waals surface area contributed by atoms with E-state index in [4.69, 9.17) is 5.11 Å². The molecule has 2 fully saturated rings. The molecule has 16 heavy (non-hydrogen) atoms. The van der Waals surface area contributed by atoms with E-state index in [1.165, 1.54) is 0 Å². The average molecular weight is 227 g/mol. The number of aliphatic hydroxyl groups is 2. The van der Waals surface area contributed by atoms with E-state index in [0.29, 0.717) is 0 Å². The van der Waals surface area contributed by atoms with Gasteiger partial charge in [0.2, 0.25) is 11.8 Å². The zero-order valence-corrected chi connectivity index (χ0v) is 9.19. The standard InChI is InChI=1S/C11H17NO4/c13-7-8(14)6-12-9(15)5-11(10(12)16)3-1-2-4-11/h8,13-14H,1-7H2. The molecule has 2 aliphatic rings. The highest BCUT2D eigenvalue weighted by atomic mass is 16.3. The number of likely N-dealkylation sites (tertiary alicyclic amines) is 1. The molecule has 5 nitrogen and oxygen atoms in total. The number of β-amino-alcohol motifs (C(OH)–C–C–N with tert-alkyl or cyclic N) is 1. The number of nitrogens with zero attached hydrogens (tertiary/aromatic N) is 1. The van der Waals surface area contributed by atoms with Gasteiger partial charge in [0, 0.05) is 6.42 Å². The summed E-state index contributed by atoms with van der Waals surface area (Å²) in [5, 5.41) is 18.0. The minimum atomic E-state index is -1.02. The van der Waals surface area contributed by atoms with Gasteiger partial charge in [-0.15, -0.1) is 0 Å². The van der Waals surface area contributed by atoms with Gasteiger partial charge in [-0.2, -0.15) is 0 Å². The molecule has 0 aromatic heterocycles. The Morgan fingerprint density at radius 1 is 1.31 bits per heavy atom. The maximum Gasteiger partial charge on any atom is 0.235 e. The van der Waals surface area contributed by atoms with Crippen LogP contribution in [0, 0.1) is 5.41 Å². The predicted octanol–water partition coefficient (Wildman–Crippen LogP) is -0.341. The summed E-state index contributed by atoms with van der Waals surface area (Å²) in [5.41, 5.74) is -0.480. The Kier molecular flexibility index (Phi) is 2.99. The number of carbonyl (C=O) groups is 2. The van der Waals surface area contributed by atoms with Crippen LogP contribution in [0.2, 0.25) is 0 Å². The highest BCUT2D eigenvalue weighted by molar-refractivity contribution is 6.06. The summed E-state index contributed by atoms with van der Waals surface area (Å²) in [6.07, 6.45) is 2.81. The van der Waals surface area contributed by atoms with Crippen LogP contribution in [0.3, 0.4) is 0 Å². The molecule has 0 aromatic rings. The predicted molar refractivity (Wildman–Crippen MR) is 55.3 cm³/mol. The molecule has 2 amide bonds. The van der Waals surface area contributed by atoms with E-state index in [9.17, 15) is 14.7 Å². The Morgan fingerprint density at radius 2 is 1.94 bits per heavy atom. The minimum Gasteiger partial charge on any atom is -0.394 e. The van der Waals surface area contributed by atoms with Crippen LogP contribution in [0.5, 0.6) is 0 Å². The first-order valence-electron chi connectivity index (χ1n) is 5.73. The first-order chi connectivity index (χ1) is 7.59. The zero-order chi connectivity index (χ0) is 11.8. The first kappa shape index (κ1) is 11.5. The molecule has 1 saturated carbocycles. The maximum atomic E-state index is 12.1. The van der Waals surface area contributed by atoms with Crippen LogP contribution in [0.4, 0.5) is 0 Å². The van der Waals surface area contributed by atoms with Crippen LogP contribution in [-0.4, -0.2) is 46.2 Å². The van der Waals surface area contributed by atoms with Crippen molar-refractivity contribution in [1.29, 1.82) is 0 Å². The van der Waals surface area contributed by atoms with Gasteiger partial charge < -0.3 is 10.2 Å². The van der Waals surface area contributed by atoms with Gasteiger partial charge in [0.05, 0.1) is 24.7 Å². The summed E-state index contributed by atoms with van der Waals surface area (Å²) < 4.78 is 0. The molecular weight excluding hydrogens is 210 g/mol. The third-order valence-electron chi connectivity index (χ3n) is 3.65. The average Bonchev–Trinajstić information content (AvgIpc) is 2.81. The van der Waals surface area contributed by atoms with E-state index in [-0.39, 0.29) is 24.8 Å². The fourth-order valence-electron chi connectivity index (χ4n) is 2.76. The van der Waals surface area contributed by atoms with Gasteiger partial charge in [-0.3, -0.25) is 14.5 Å². The van der Waals surface area contributed by atoms with Crippen molar-refractivity contribution in [2.24, 2.45) is 5.41 Å². The monoisotopic (exact) mass is 227 g/mol. The molecule has 1 saturated heterocycles. The first-order valence-corrected chi connectivity index (χ1v) is 5.73. The Balaban J connectivity index is 2.10. The van der Waals surface area contributed by atoms with Crippen LogP contribution < -0.4 is 0 Å². The minimum absolute atomic E-state index is 0.0735. The Labute approximate surface area is 94.0 Å². The lowest BCUT2D eigenvalue weighted by atomic mass is 9.84. The third-order valence-corrected chi connectivity index (χ3v) is 3.65. The summed E-state index contributed by atoms with van der Waals surface area (Å²) in [4.78, 5) is 24.9. The summed E-state index contributed by atoms with van der Waals surface area (Å²) in [6, 6.07) is 0. The Morgan fingerprint density at radius 3 is 2.50 bits per heavy atom. The van der Waals surface area contributed by atoms with E-state index in [2.05, 4.69) is 0 Å². The smallest absolute Gasteiger partial charge is 0.235 e. The van der Waals surface area contributed by atoms with Crippen LogP contribution in [0.15, 0.2) is 0 Å². The fourth-order valence-corrected chi connectivity index (χ4v) is 2.76. The molecule has 0 bridgehead atoms. The van der Waals surface area contributed by atoms with Gasteiger partial charge in [0.25, 0.3) is 0 Å². The van der Waals surface area contributed by atoms with Crippen molar-refractivity contribution >= 4 is 11.8 Å². The van der Waals surface area contributed by atoms with Crippen molar-refractivity contribution in [2.75, 3.05) is 13.2 Å². The molecule has 1 heterocycles. The number of hydrogen-bond acceptors (Lipinski definition) is 4. The SMILES string of the molecule is O=C1CC2(CCCC2)C(=O)N1CC(O)CO. The molecule has 1 aliphatic carbocycles. The van der Waals surface area contributed by atoms with Gasteiger partial charge in [0.1, 0.15) is 0 Å². The van der Waals surface area contributed by atoms with Gasteiger partial charge >= 0.3 is 0 Å². The van der Waals surface area contributed by atoms with Gasteiger partial charge in [-0.1, -0.05) is 12.8 Å².